The van der Waals surface area contributed by atoms with E-state index in [0.29, 0.717) is 0 Å². The normalized spacial score (nSPS) is 26.3. The molecule has 0 saturated carbocycles. The summed E-state index contributed by atoms with van der Waals surface area (Å²) in [6, 6.07) is 7.77. The summed E-state index contributed by atoms with van der Waals surface area (Å²) >= 11 is 0. The van der Waals surface area contributed by atoms with Gasteiger partial charge in [-0.05, 0) is 30.3 Å². The fourth-order valence-electron chi connectivity index (χ4n) is 3.71. The lowest BCUT2D eigenvalue weighted by molar-refractivity contribution is -0.232. The molecule has 1 saturated heterocycles. The van der Waals surface area contributed by atoms with Gasteiger partial charge in [0, 0.05) is 5.56 Å². The summed E-state index contributed by atoms with van der Waals surface area (Å²) in [4.78, 5) is 13.4. The van der Waals surface area contributed by atoms with E-state index in [4.69, 9.17) is 9.15 Å². The fourth-order valence-corrected chi connectivity index (χ4v) is 3.71. The van der Waals surface area contributed by atoms with Crippen molar-refractivity contribution < 1.29 is 44.9 Å². The van der Waals surface area contributed by atoms with Crippen molar-refractivity contribution >= 4 is 11.0 Å². The molecule has 31 heavy (non-hydrogen) atoms. The van der Waals surface area contributed by atoms with E-state index in [-0.39, 0.29) is 27.9 Å². The largest absolute Gasteiger partial charge is 0.507 e. The van der Waals surface area contributed by atoms with Gasteiger partial charge in [-0.1, -0.05) is 6.07 Å². The number of aromatic hydroxyl groups is 3. The van der Waals surface area contributed by atoms with Crippen LogP contribution in [0.2, 0.25) is 0 Å². The van der Waals surface area contributed by atoms with Crippen LogP contribution in [0, 0.1) is 0 Å². The van der Waals surface area contributed by atoms with Crippen molar-refractivity contribution in [3.05, 3.63) is 52.2 Å². The third-order valence-electron chi connectivity index (χ3n) is 5.35. The second-order valence-corrected chi connectivity index (χ2v) is 7.28. The van der Waals surface area contributed by atoms with E-state index in [1.807, 2.05) is 0 Å². The second kappa shape index (κ2) is 7.84. The summed E-state index contributed by atoms with van der Waals surface area (Å²) in [7, 11) is 0. The minimum atomic E-state index is -1.78. The van der Waals surface area contributed by atoms with E-state index in [1.54, 1.807) is 0 Å². The molecular weight excluding hydrogens is 412 g/mol. The van der Waals surface area contributed by atoms with Crippen molar-refractivity contribution in [2.45, 2.75) is 30.5 Å². The van der Waals surface area contributed by atoms with Gasteiger partial charge in [0.05, 0.1) is 12.2 Å². The molecule has 0 bridgehead atoms. The van der Waals surface area contributed by atoms with Crippen LogP contribution in [0.3, 0.4) is 0 Å². The molecule has 1 aliphatic heterocycles. The monoisotopic (exact) mass is 432 g/mol. The van der Waals surface area contributed by atoms with Gasteiger partial charge in [0.15, 0.2) is 11.5 Å². The highest BCUT2D eigenvalue weighted by Crippen LogP contribution is 2.40. The third kappa shape index (κ3) is 3.40. The lowest BCUT2D eigenvalue weighted by Gasteiger charge is -2.40. The molecular formula is C21H20O10. The molecule has 164 valence electrons. The van der Waals surface area contributed by atoms with Gasteiger partial charge in [-0.15, -0.1) is 0 Å². The van der Waals surface area contributed by atoms with Crippen LogP contribution in [-0.4, -0.2) is 66.8 Å². The Balaban J connectivity index is 2.02. The van der Waals surface area contributed by atoms with Crippen molar-refractivity contribution in [3.63, 3.8) is 0 Å². The molecule has 0 spiro atoms. The molecule has 5 atom stereocenters. The number of phenolic OH excluding ortho intramolecular Hbond substituents is 3. The number of phenols is 3. The molecule has 0 aliphatic carbocycles. The predicted molar refractivity (Wildman–Crippen MR) is 106 cm³/mol. The van der Waals surface area contributed by atoms with Gasteiger partial charge in [-0.25, -0.2) is 0 Å². The molecule has 2 aromatic carbocycles. The second-order valence-electron chi connectivity index (χ2n) is 7.28. The zero-order valence-corrected chi connectivity index (χ0v) is 15.9. The highest BCUT2D eigenvalue weighted by Gasteiger charge is 2.46. The maximum Gasteiger partial charge on any atom is 0.203 e. The average Bonchev–Trinajstić information content (AvgIpc) is 2.75. The Kier molecular flexibility index (Phi) is 5.33. The molecule has 1 fully saturated rings. The fraction of sp³-hybridized carbons (Fsp3) is 0.286. The summed E-state index contributed by atoms with van der Waals surface area (Å²) in [5.41, 5.74) is -0.965. The Morgan fingerprint density at radius 1 is 0.871 bits per heavy atom. The number of hydrogen-bond acceptors (Lipinski definition) is 10. The Hall–Kier alpha value is -3.15. The maximum absolute atomic E-state index is 13.4. The Morgan fingerprint density at radius 3 is 2.29 bits per heavy atom. The number of benzene rings is 2. The summed E-state index contributed by atoms with van der Waals surface area (Å²) in [6.45, 7) is -0.707. The molecule has 7 N–H and O–H groups in total. The molecule has 10 nitrogen and oxygen atoms in total. The van der Waals surface area contributed by atoms with Gasteiger partial charge < -0.3 is 44.9 Å². The zero-order valence-electron chi connectivity index (χ0n) is 15.9. The number of ether oxygens (including phenoxy) is 1. The minimum Gasteiger partial charge on any atom is -0.507 e. The first kappa shape index (κ1) is 21.1. The molecule has 0 amide bonds. The summed E-state index contributed by atoms with van der Waals surface area (Å²) in [6.07, 6.45) is -8.02. The Bertz CT molecular complexity index is 1180. The van der Waals surface area contributed by atoms with Gasteiger partial charge in [0.2, 0.25) is 5.43 Å². The molecule has 1 aromatic heterocycles. The van der Waals surface area contributed by atoms with E-state index >= 15 is 0 Å². The van der Waals surface area contributed by atoms with E-state index in [9.17, 15) is 40.5 Å². The van der Waals surface area contributed by atoms with Crippen LogP contribution in [0.1, 0.15) is 11.7 Å². The van der Waals surface area contributed by atoms with Crippen molar-refractivity contribution in [2.75, 3.05) is 6.61 Å². The van der Waals surface area contributed by atoms with Crippen LogP contribution in [0.15, 0.2) is 45.6 Å². The Labute approximate surface area is 174 Å². The molecule has 0 radical (unpaired) electrons. The molecule has 1 aliphatic rings. The highest BCUT2D eigenvalue weighted by molar-refractivity contribution is 5.86. The Morgan fingerprint density at radius 2 is 1.61 bits per heavy atom. The molecule has 10 heteroatoms. The van der Waals surface area contributed by atoms with Crippen LogP contribution in [0.25, 0.3) is 22.3 Å². The van der Waals surface area contributed by atoms with Gasteiger partial charge in [0.25, 0.3) is 0 Å². The molecule has 3 aromatic rings. The van der Waals surface area contributed by atoms with Crippen molar-refractivity contribution in [2.24, 2.45) is 0 Å². The van der Waals surface area contributed by atoms with E-state index in [1.165, 1.54) is 24.3 Å². The number of aliphatic hydroxyl groups excluding tert-OH is 4. The van der Waals surface area contributed by atoms with Gasteiger partial charge >= 0.3 is 0 Å². The van der Waals surface area contributed by atoms with Crippen LogP contribution in [-0.2, 0) is 4.74 Å². The van der Waals surface area contributed by atoms with Gasteiger partial charge in [0.1, 0.15) is 53.0 Å². The van der Waals surface area contributed by atoms with Crippen molar-refractivity contribution in [1.82, 2.24) is 0 Å². The van der Waals surface area contributed by atoms with E-state index in [0.717, 1.165) is 12.1 Å². The first-order valence-corrected chi connectivity index (χ1v) is 9.36. The summed E-state index contributed by atoms with van der Waals surface area (Å²) in [5.74, 6) is -1.48. The van der Waals surface area contributed by atoms with E-state index < -0.39 is 59.8 Å². The van der Waals surface area contributed by atoms with Gasteiger partial charge in [-0.3, -0.25) is 4.79 Å². The SMILES string of the molecule is O=c1c([C@H]2O[C@H](CO)[C@@H](O)[C@H](O)[C@H]2O)c(-c2ccc(O)c(O)c2)oc2cccc(O)c12. The number of rotatable bonds is 3. The highest BCUT2D eigenvalue weighted by atomic mass is 16.5. The predicted octanol–water partition coefficient (Wildman–Crippen LogP) is 0.0917. The molecule has 4 rings (SSSR count). The first-order valence-electron chi connectivity index (χ1n) is 9.36. The van der Waals surface area contributed by atoms with Crippen LogP contribution >= 0.6 is 0 Å². The summed E-state index contributed by atoms with van der Waals surface area (Å²) < 4.78 is 11.4. The quantitative estimate of drug-likeness (QED) is 0.280. The minimum absolute atomic E-state index is 0.000838. The van der Waals surface area contributed by atoms with Crippen LogP contribution in [0.5, 0.6) is 17.2 Å². The summed E-state index contributed by atoms with van der Waals surface area (Å²) in [5, 5.41) is 69.8. The number of hydrogen-bond donors (Lipinski definition) is 7. The van der Waals surface area contributed by atoms with Crippen molar-refractivity contribution in [3.8, 4) is 28.6 Å². The standard InChI is InChI=1S/C21H20O10/c22-7-13-16(26)18(28)19(29)21(31-13)15-17(27)14-10(24)2-1-3-12(14)30-20(15)8-4-5-9(23)11(25)6-8/h1-6,13,16,18-19,21-26,28-29H,7H2/t13-,16-,18+,19-,21-/m1/s1. The first-order chi connectivity index (χ1) is 14.7. The molecule has 2 heterocycles. The average molecular weight is 432 g/mol. The van der Waals surface area contributed by atoms with Gasteiger partial charge in [-0.2, -0.15) is 0 Å². The smallest absolute Gasteiger partial charge is 0.203 e. The third-order valence-corrected chi connectivity index (χ3v) is 5.35. The zero-order chi connectivity index (χ0) is 22.4. The lowest BCUT2D eigenvalue weighted by atomic mass is 9.89. The molecule has 0 unspecified atom stereocenters. The topological polar surface area (TPSA) is 181 Å². The van der Waals surface area contributed by atoms with Crippen molar-refractivity contribution in [1.29, 1.82) is 0 Å². The maximum atomic E-state index is 13.4. The lowest BCUT2D eigenvalue weighted by Crippen LogP contribution is -2.55. The number of aliphatic hydroxyl groups is 4. The van der Waals surface area contributed by atoms with E-state index in [2.05, 4.69) is 0 Å². The van der Waals surface area contributed by atoms with Crippen LogP contribution < -0.4 is 5.43 Å². The van der Waals surface area contributed by atoms with Crippen LogP contribution in [0.4, 0.5) is 0 Å². The number of fused-ring (bicyclic) bond motifs is 1.